The Morgan fingerprint density at radius 2 is 2.08 bits per heavy atom. The zero-order valence-corrected chi connectivity index (χ0v) is 7.39. The lowest BCUT2D eigenvalue weighted by Gasteiger charge is -2.01. The molecule has 0 fully saturated rings. The predicted octanol–water partition coefficient (Wildman–Crippen LogP) is 2.90. The second kappa shape index (κ2) is 3.23. The van der Waals surface area contributed by atoms with Gasteiger partial charge >= 0.3 is 0 Å². The fourth-order valence-electron chi connectivity index (χ4n) is 1.09. The molecule has 0 amide bonds. The first-order valence-corrected chi connectivity index (χ1v) is 3.81. The molecule has 0 spiro atoms. The van der Waals surface area contributed by atoms with E-state index in [4.69, 9.17) is 5.26 Å². The average Bonchev–Trinajstić information content (AvgIpc) is 2.03. The SMILES string of the molecule is C=C(C)c1cc(C)cc(C#N)c1. The standard InChI is InChI=1S/C11H11N/c1-8(2)11-5-9(3)4-10(6-11)7-12/h4-6H,1H2,2-3H3. The van der Waals surface area contributed by atoms with Gasteiger partial charge in [0.15, 0.2) is 0 Å². The molecule has 12 heavy (non-hydrogen) atoms. The summed E-state index contributed by atoms with van der Waals surface area (Å²) in [6, 6.07) is 7.88. The van der Waals surface area contributed by atoms with Crippen LogP contribution in [0.4, 0.5) is 0 Å². The number of rotatable bonds is 1. The molecule has 1 aromatic carbocycles. The van der Waals surface area contributed by atoms with Crippen molar-refractivity contribution in [3.8, 4) is 6.07 Å². The zero-order valence-electron chi connectivity index (χ0n) is 7.39. The molecule has 1 aromatic rings. The molecular weight excluding hydrogens is 146 g/mol. The number of allylic oxidation sites excluding steroid dienone is 1. The van der Waals surface area contributed by atoms with Gasteiger partial charge in [-0.3, -0.25) is 0 Å². The fraction of sp³-hybridized carbons (Fsp3) is 0.182. The van der Waals surface area contributed by atoms with Crippen LogP contribution in [-0.4, -0.2) is 0 Å². The van der Waals surface area contributed by atoms with Gasteiger partial charge in [-0.1, -0.05) is 18.2 Å². The predicted molar refractivity (Wildman–Crippen MR) is 50.6 cm³/mol. The van der Waals surface area contributed by atoms with E-state index in [1.54, 1.807) is 0 Å². The largest absolute Gasteiger partial charge is 0.192 e. The summed E-state index contributed by atoms with van der Waals surface area (Å²) in [5.41, 5.74) is 3.85. The van der Waals surface area contributed by atoms with Crippen LogP contribution in [0, 0.1) is 18.3 Å². The molecule has 0 aliphatic rings. The number of aryl methyl sites for hydroxylation is 1. The van der Waals surface area contributed by atoms with E-state index in [-0.39, 0.29) is 0 Å². The van der Waals surface area contributed by atoms with E-state index in [0.717, 1.165) is 16.7 Å². The Labute approximate surface area is 73.0 Å². The number of hydrogen-bond acceptors (Lipinski definition) is 1. The molecule has 0 unspecified atom stereocenters. The molecule has 0 aliphatic carbocycles. The van der Waals surface area contributed by atoms with Crippen LogP contribution in [0.2, 0.25) is 0 Å². The third kappa shape index (κ3) is 1.73. The zero-order chi connectivity index (χ0) is 9.14. The molecule has 0 saturated carbocycles. The van der Waals surface area contributed by atoms with Gasteiger partial charge in [-0.25, -0.2) is 0 Å². The Kier molecular flexibility index (Phi) is 2.30. The molecule has 0 heterocycles. The Bertz CT molecular complexity index is 356. The van der Waals surface area contributed by atoms with Crippen molar-refractivity contribution in [3.63, 3.8) is 0 Å². The molecule has 0 N–H and O–H groups in total. The highest BCUT2D eigenvalue weighted by Gasteiger charge is 1.97. The van der Waals surface area contributed by atoms with Crippen molar-refractivity contribution in [2.75, 3.05) is 0 Å². The van der Waals surface area contributed by atoms with Gasteiger partial charge in [0.25, 0.3) is 0 Å². The van der Waals surface area contributed by atoms with Crippen molar-refractivity contribution >= 4 is 5.57 Å². The van der Waals surface area contributed by atoms with Crippen LogP contribution in [-0.2, 0) is 0 Å². The van der Waals surface area contributed by atoms with Gasteiger partial charge in [0.1, 0.15) is 0 Å². The highest BCUT2D eigenvalue weighted by Crippen LogP contribution is 2.15. The minimum atomic E-state index is 0.702. The van der Waals surface area contributed by atoms with E-state index in [2.05, 4.69) is 12.6 Å². The lowest BCUT2D eigenvalue weighted by molar-refractivity contribution is 1.40. The summed E-state index contributed by atoms with van der Waals surface area (Å²) >= 11 is 0. The molecule has 0 atom stereocenters. The molecular formula is C11H11N. The van der Waals surface area contributed by atoms with Crippen molar-refractivity contribution in [1.29, 1.82) is 5.26 Å². The van der Waals surface area contributed by atoms with Crippen molar-refractivity contribution < 1.29 is 0 Å². The maximum atomic E-state index is 8.69. The van der Waals surface area contributed by atoms with E-state index >= 15 is 0 Å². The van der Waals surface area contributed by atoms with Crippen molar-refractivity contribution in [2.24, 2.45) is 0 Å². The van der Waals surface area contributed by atoms with Gasteiger partial charge in [-0.05, 0) is 37.1 Å². The van der Waals surface area contributed by atoms with Gasteiger partial charge < -0.3 is 0 Å². The molecule has 0 aromatic heterocycles. The second-order valence-corrected chi connectivity index (χ2v) is 2.98. The van der Waals surface area contributed by atoms with E-state index in [1.165, 1.54) is 0 Å². The van der Waals surface area contributed by atoms with Gasteiger partial charge in [0.2, 0.25) is 0 Å². The third-order valence-corrected chi connectivity index (χ3v) is 1.70. The van der Waals surface area contributed by atoms with Crippen molar-refractivity contribution in [1.82, 2.24) is 0 Å². The summed E-state index contributed by atoms with van der Waals surface area (Å²) in [6.07, 6.45) is 0. The molecule has 1 heteroatoms. The first kappa shape index (κ1) is 8.55. The maximum Gasteiger partial charge on any atom is 0.0991 e. The molecule has 0 bridgehead atoms. The molecule has 1 nitrogen and oxygen atoms in total. The first-order valence-electron chi connectivity index (χ1n) is 3.81. The summed E-state index contributed by atoms with van der Waals surface area (Å²) in [6.45, 7) is 7.75. The minimum Gasteiger partial charge on any atom is -0.192 e. The lowest BCUT2D eigenvalue weighted by atomic mass is 10.0. The summed E-state index contributed by atoms with van der Waals surface area (Å²) < 4.78 is 0. The summed E-state index contributed by atoms with van der Waals surface area (Å²) in [7, 11) is 0. The van der Waals surface area contributed by atoms with E-state index in [9.17, 15) is 0 Å². The average molecular weight is 157 g/mol. The summed E-state index contributed by atoms with van der Waals surface area (Å²) in [5, 5.41) is 8.69. The van der Waals surface area contributed by atoms with Gasteiger partial charge in [-0.2, -0.15) is 5.26 Å². The Hall–Kier alpha value is -1.55. The second-order valence-electron chi connectivity index (χ2n) is 2.98. The molecule has 0 aliphatic heterocycles. The lowest BCUT2D eigenvalue weighted by Crippen LogP contribution is -1.83. The number of hydrogen-bond donors (Lipinski definition) is 0. The highest BCUT2D eigenvalue weighted by molar-refractivity contribution is 5.63. The van der Waals surface area contributed by atoms with Crippen LogP contribution in [0.25, 0.3) is 5.57 Å². The monoisotopic (exact) mass is 157 g/mol. The van der Waals surface area contributed by atoms with E-state index in [1.807, 2.05) is 32.0 Å². The van der Waals surface area contributed by atoms with Crippen molar-refractivity contribution in [2.45, 2.75) is 13.8 Å². The first-order chi connectivity index (χ1) is 5.63. The summed E-state index contributed by atoms with van der Waals surface area (Å²) in [4.78, 5) is 0. The van der Waals surface area contributed by atoms with Crippen molar-refractivity contribution in [3.05, 3.63) is 41.5 Å². The van der Waals surface area contributed by atoms with Gasteiger partial charge in [0.05, 0.1) is 11.6 Å². The van der Waals surface area contributed by atoms with Crippen LogP contribution in [0.1, 0.15) is 23.6 Å². The Morgan fingerprint density at radius 1 is 1.42 bits per heavy atom. The molecule has 0 saturated heterocycles. The van der Waals surface area contributed by atoms with Crippen LogP contribution in [0.15, 0.2) is 24.8 Å². The fourth-order valence-corrected chi connectivity index (χ4v) is 1.09. The number of nitriles is 1. The van der Waals surface area contributed by atoms with Gasteiger partial charge in [0, 0.05) is 0 Å². The van der Waals surface area contributed by atoms with Gasteiger partial charge in [-0.15, -0.1) is 0 Å². The summed E-state index contributed by atoms with van der Waals surface area (Å²) in [5.74, 6) is 0. The molecule has 60 valence electrons. The van der Waals surface area contributed by atoms with E-state index in [0.29, 0.717) is 5.56 Å². The van der Waals surface area contributed by atoms with Crippen LogP contribution in [0.3, 0.4) is 0 Å². The maximum absolute atomic E-state index is 8.69. The third-order valence-electron chi connectivity index (χ3n) is 1.70. The quantitative estimate of drug-likeness (QED) is 0.615. The topological polar surface area (TPSA) is 23.8 Å². The van der Waals surface area contributed by atoms with Crippen LogP contribution >= 0.6 is 0 Å². The highest BCUT2D eigenvalue weighted by atomic mass is 14.2. The normalized spacial score (nSPS) is 9.08. The molecule has 1 rings (SSSR count). The Morgan fingerprint density at radius 3 is 2.58 bits per heavy atom. The van der Waals surface area contributed by atoms with Crippen LogP contribution in [0.5, 0.6) is 0 Å². The number of nitrogens with zero attached hydrogens (tertiary/aromatic N) is 1. The smallest absolute Gasteiger partial charge is 0.0991 e. The molecule has 0 radical (unpaired) electrons. The van der Waals surface area contributed by atoms with Crippen LogP contribution < -0.4 is 0 Å². The van der Waals surface area contributed by atoms with E-state index < -0.39 is 0 Å². The number of benzene rings is 1. The Balaban J connectivity index is 3.26. The minimum absolute atomic E-state index is 0.702.